The van der Waals surface area contributed by atoms with Crippen molar-refractivity contribution in [2.24, 2.45) is 0 Å². The van der Waals surface area contributed by atoms with Crippen LogP contribution in [0.4, 0.5) is 9.59 Å². The highest BCUT2D eigenvalue weighted by Crippen LogP contribution is 2.39. The van der Waals surface area contributed by atoms with Crippen molar-refractivity contribution >= 4 is 46.7 Å². The number of hydrogen-bond donors (Lipinski definition) is 4. The Kier molecular flexibility index (Phi) is 15.8. The van der Waals surface area contributed by atoms with Crippen molar-refractivity contribution < 1.29 is 38.1 Å². The molecule has 2 fully saturated rings. The minimum Gasteiger partial charge on any atom is -0.493 e. The molecule has 3 aliphatic heterocycles. The van der Waals surface area contributed by atoms with Crippen LogP contribution in [0.1, 0.15) is 92.9 Å². The van der Waals surface area contributed by atoms with E-state index in [0.717, 1.165) is 90.7 Å². The summed E-state index contributed by atoms with van der Waals surface area (Å²) < 4.78 is 22.7. The Morgan fingerprint density at radius 2 is 1.29 bits per heavy atom. The number of likely N-dealkylation sites (tertiary alicyclic amines) is 2. The van der Waals surface area contributed by atoms with Gasteiger partial charge in [-0.3, -0.25) is 9.59 Å². The van der Waals surface area contributed by atoms with Gasteiger partial charge in [0, 0.05) is 55.3 Å². The molecule has 5 atom stereocenters. The maximum atomic E-state index is 14.4. The van der Waals surface area contributed by atoms with Gasteiger partial charge in [-0.05, 0) is 54.5 Å². The zero-order chi connectivity index (χ0) is 48.4. The highest BCUT2D eigenvalue weighted by molar-refractivity contribution is 7.07. The maximum absolute atomic E-state index is 14.4. The first-order valence-electron chi connectivity index (χ1n) is 23.9. The molecule has 20 heteroatoms. The molecule has 2 aromatic carbocycles. The molecule has 4 aromatic heterocycles. The highest BCUT2D eigenvalue weighted by Gasteiger charge is 2.42. The standard InChI is InChI=1S/C50H58N10O8S2/c1-65-49(63)57-38(21-34-27-69-29-53-34)47(61)59-17-9-10-42(59)45-51-24-40(55-45)32-13-11-31(12-14-32)33-15-16-37-41-25-52-46(56-41)43-23-36(67-18-7-5-3-4-6-8-19-68-44(37)20-33)26-60(43)48(62)39(58-50(64)66-2)22-35-28-70-30-54-35/h11-16,20,24-25,27-30,36,38-39,42-43H,3-10,17-19,21-23,26H2,1-2H3,(H,51,55)(H,52,56)(H,57,63)(H,58,64)/t36-,38-,39-,42-,43-/m0/s1. The minimum absolute atomic E-state index is 0.205. The van der Waals surface area contributed by atoms with Crippen molar-refractivity contribution in [1.82, 2.24) is 50.3 Å². The number of nitrogens with one attached hydrogen (secondary N) is 4. The van der Waals surface area contributed by atoms with E-state index in [1.807, 2.05) is 29.0 Å². The number of amides is 4. The molecule has 9 rings (SSSR count). The SMILES string of the molecule is COC(=O)N[C@@H](Cc1cscn1)C(=O)N1CCC[C@H]1c1ncc(-c2ccc(-c3ccc4c(c3)OCCCCCCCCO[C@H]3C[C@@H](c5ncc-4[nH]5)N(C(=O)[C@H](Cc4cscn4)NC(=O)OC)C3)cc2)[nH]1. The van der Waals surface area contributed by atoms with Crippen molar-refractivity contribution in [3.8, 4) is 39.4 Å². The number of fused-ring (bicyclic) bond motifs is 7. The Bertz CT molecular complexity index is 2690. The van der Waals surface area contributed by atoms with E-state index in [0.29, 0.717) is 55.8 Å². The predicted octanol–water partition coefficient (Wildman–Crippen LogP) is 8.04. The second-order valence-corrected chi connectivity index (χ2v) is 19.2. The third kappa shape index (κ3) is 11.5. The molecule has 2 saturated heterocycles. The Morgan fingerprint density at radius 1 is 0.700 bits per heavy atom. The van der Waals surface area contributed by atoms with Gasteiger partial charge in [0.15, 0.2) is 0 Å². The number of aromatic nitrogens is 6. The van der Waals surface area contributed by atoms with Crippen LogP contribution in [-0.2, 0) is 36.6 Å². The molecule has 0 unspecified atom stereocenters. The molecule has 0 saturated carbocycles. The van der Waals surface area contributed by atoms with Crippen LogP contribution >= 0.6 is 22.7 Å². The number of nitrogens with zero attached hydrogens (tertiary/aromatic N) is 6. The van der Waals surface area contributed by atoms with E-state index in [1.165, 1.54) is 36.9 Å². The van der Waals surface area contributed by atoms with Crippen LogP contribution in [0.2, 0.25) is 0 Å². The zero-order valence-electron chi connectivity index (χ0n) is 39.3. The van der Waals surface area contributed by atoms with Crippen LogP contribution in [0, 0.1) is 0 Å². The molecular weight excluding hydrogens is 933 g/mol. The van der Waals surface area contributed by atoms with Gasteiger partial charge in [0.25, 0.3) is 0 Å². The number of rotatable bonds is 11. The van der Waals surface area contributed by atoms with E-state index in [-0.39, 0.29) is 36.8 Å². The fraction of sp³-hybridized carbons (Fsp3) is 0.440. The summed E-state index contributed by atoms with van der Waals surface area (Å²) in [6.07, 6.45) is 10.7. The van der Waals surface area contributed by atoms with Crippen molar-refractivity contribution in [3.05, 3.63) is 99.7 Å². The van der Waals surface area contributed by atoms with E-state index >= 15 is 0 Å². The second kappa shape index (κ2) is 22.9. The summed E-state index contributed by atoms with van der Waals surface area (Å²) in [5.41, 5.74) is 10.2. The summed E-state index contributed by atoms with van der Waals surface area (Å²) in [4.78, 5) is 82.0. The van der Waals surface area contributed by atoms with Gasteiger partial charge in [-0.2, -0.15) is 0 Å². The molecule has 18 nitrogen and oxygen atoms in total. The molecule has 368 valence electrons. The van der Waals surface area contributed by atoms with Gasteiger partial charge < -0.3 is 49.3 Å². The Hall–Kier alpha value is -6.64. The average molecular weight is 991 g/mol. The van der Waals surface area contributed by atoms with E-state index in [4.69, 9.17) is 28.9 Å². The maximum Gasteiger partial charge on any atom is 0.407 e. The fourth-order valence-corrected chi connectivity index (χ4v) is 10.7. The van der Waals surface area contributed by atoms with Gasteiger partial charge >= 0.3 is 12.2 Å². The molecule has 0 aliphatic carbocycles. The number of thiazole rings is 2. The number of benzene rings is 2. The van der Waals surface area contributed by atoms with Crippen molar-refractivity contribution in [2.75, 3.05) is 40.5 Å². The monoisotopic (exact) mass is 990 g/mol. The van der Waals surface area contributed by atoms with Crippen molar-refractivity contribution in [1.29, 1.82) is 0 Å². The van der Waals surface area contributed by atoms with E-state index in [2.05, 4.69) is 54.8 Å². The smallest absolute Gasteiger partial charge is 0.407 e. The summed E-state index contributed by atoms with van der Waals surface area (Å²) in [6, 6.07) is 12.0. The topological polar surface area (TPSA) is 219 Å². The molecule has 6 aromatic rings. The molecule has 7 heterocycles. The van der Waals surface area contributed by atoms with Crippen LogP contribution in [0.5, 0.6) is 5.75 Å². The van der Waals surface area contributed by atoms with Gasteiger partial charge in [0.05, 0.1) is 85.2 Å². The van der Waals surface area contributed by atoms with Crippen LogP contribution in [-0.4, -0.2) is 122 Å². The fourth-order valence-electron chi connectivity index (χ4n) is 9.56. The highest BCUT2D eigenvalue weighted by atomic mass is 32.1. The lowest BCUT2D eigenvalue weighted by Gasteiger charge is -2.28. The molecule has 0 radical (unpaired) electrons. The lowest BCUT2D eigenvalue weighted by Crippen LogP contribution is -2.50. The van der Waals surface area contributed by atoms with E-state index < -0.39 is 30.3 Å². The molecular formula is C50H58N10O8S2. The van der Waals surface area contributed by atoms with Gasteiger partial charge in [-0.25, -0.2) is 29.5 Å². The van der Waals surface area contributed by atoms with Gasteiger partial charge in [-0.15, -0.1) is 22.7 Å². The number of H-pyrrole nitrogens is 2. The quantitative estimate of drug-likeness (QED) is 0.0970. The van der Waals surface area contributed by atoms with E-state index in [9.17, 15) is 19.2 Å². The van der Waals surface area contributed by atoms with Crippen LogP contribution in [0.15, 0.2) is 76.6 Å². The summed E-state index contributed by atoms with van der Waals surface area (Å²) in [5, 5.41) is 9.20. The molecule has 3 aliphatic rings. The number of carbonyl (C=O) groups is 4. The normalized spacial score (nSPS) is 19.5. The van der Waals surface area contributed by atoms with E-state index in [1.54, 1.807) is 33.2 Å². The summed E-state index contributed by atoms with van der Waals surface area (Å²) in [6.45, 7) is 2.06. The Morgan fingerprint density at radius 3 is 1.94 bits per heavy atom. The number of ether oxygens (including phenoxy) is 4. The summed E-state index contributed by atoms with van der Waals surface area (Å²) >= 11 is 2.86. The van der Waals surface area contributed by atoms with Gasteiger partial charge in [-0.1, -0.05) is 56.0 Å². The van der Waals surface area contributed by atoms with Gasteiger partial charge in [0.2, 0.25) is 11.8 Å². The summed E-state index contributed by atoms with van der Waals surface area (Å²) in [5.74, 6) is 1.55. The molecule has 4 amide bonds. The van der Waals surface area contributed by atoms with Crippen molar-refractivity contribution in [3.63, 3.8) is 0 Å². The van der Waals surface area contributed by atoms with Crippen molar-refractivity contribution in [2.45, 2.75) is 101 Å². The number of alkyl carbamates (subject to hydrolysis) is 2. The lowest BCUT2D eigenvalue weighted by molar-refractivity contribution is -0.135. The number of aromatic amines is 2. The van der Waals surface area contributed by atoms with Gasteiger partial charge in [0.1, 0.15) is 29.5 Å². The first kappa shape index (κ1) is 48.4. The zero-order valence-corrected chi connectivity index (χ0v) is 40.9. The average Bonchev–Trinajstić information content (AvgIpc) is 4.25. The number of hydrogen-bond acceptors (Lipinski definition) is 14. The lowest BCUT2D eigenvalue weighted by atomic mass is 10.00. The van der Waals surface area contributed by atoms with Crippen LogP contribution < -0.4 is 15.4 Å². The Balaban J connectivity index is 0.937. The third-order valence-electron chi connectivity index (χ3n) is 13.2. The molecule has 4 N–H and O–H groups in total. The molecule has 0 spiro atoms. The minimum atomic E-state index is -0.900. The first-order valence-corrected chi connectivity index (χ1v) is 25.8. The number of methoxy groups -OCH3 is 2. The third-order valence-corrected chi connectivity index (χ3v) is 14.5. The number of carbonyl (C=O) groups excluding carboxylic acids is 4. The second-order valence-electron chi connectivity index (χ2n) is 17.8. The van der Waals surface area contributed by atoms with Crippen LogP contribution in [0.25, 0.3) is 33.6 Å². The number of imidazole rings is 2. The Labute approximate surface area is 413 Å². The van der Waals surface area contributed by atoms with Crippen LogP contribution in [0.3, 0.4) is 0 Å². The molecule has 70 heavy (non-hydrogen) atoms. The predicted molar refractivity (Wildman–Crippen MR) is 263 cm³/mol. The molecule has 4 bridgehead atoms. The summed E-state index contributed by atoms with van der Waals surface area (Å²) in [7, 11) is 2.56. The first-order chi connectivity index (χ1) is 34.2. The largest absolute Gasteiger partial charge is 0.493 e.